The molecular formula is C17H26N2O2. The van der Waals surface area contributed by atoms with Crippen LogP contribution in [-0.2, 0) is 4.74 Å². The minimum absolute atomic E-state index is 0.0177. The fourth-order valence-electron chi connectivity index (χ4n) is 2.91. The van der Waals surface area contributed by atoms with Gasteiger partial charge in [-0.3, -0.25) is 4.79 Å². The van der Waals surface area contributed by atoms with Gasteiger partial charge < -0.3 is 15.4 Å². The van der Waals surface area contributed by atoms with Gasteiger partial charge in [-0.1, -0.05) is 19.9 Å². The number of hydrogen-bond acceptors (Lipinski definition) is 3. The third kappa shape index (κ3) is 3.05. The van der Waals surface area contributed by atoms with Crippen LogP contribution in [0.15, 0.2) is 18.2 Å². The highest BCUT2D eigenvalue weighted by molar-refractivity contribution is 6.00. The first-order valence-electron chi connectivity index (χ1n) is 7.61. The molecule has 1 saturated carbocycles. The molecule has 4 nitrogen and oxygen atoms in total. The van der Waals surface area contributed by atoms with E-state index in [4.69, 9.17) is 4.74 Å². The molecule has 1 amide bonds. The zero-order chi connectivity index (χ0) is 15.6. The maximum atomic E-state index is 12.5. The Labute approximate surface area is 127 Å². The van der Waals surface area contributed by atoms with Gasteiger partial charge in [-0.25, -0.2) is 0 Å². The number of hydrogen-bond donors (Lipinski definition) is 2. The summed E-state index contributed by atoms with van der Waals surface area (Å²) in [6.07, 6.45) is 1.11. The molecular weight excluding hydrogens is 264 g/mol. The number of carbonyl (C=O) groups excluding carboxylic acids is 1. The van der Waals surface area contributed by atoms with Gasteiger partial charge in [0.25, 0.3) is 5.91 Å². The molecule has 2 rings (SSSR count). The second-order valence-electron chi connectivity index (χ2n) is 6.33. The lowest BCUT2D eigenvalue weighted by molar-refractivity contribution is -0.111. The molecule has 0 aliphatic heterocycles. The molecule has 116 valence electrons. The van der Waals surface area contributed by atoms with Gasteiger partial charge in [0, 0.05) is 30.8 Å². The van der Waals surface area contributed by atoms with Crippen LogP contribution in [0.3, 0.4) is 0 Å². The van der Waals surface area contributed by atoms with Crippen molar-refractivity contribution in [2.24, 2.45) is 5.41 Å². The summed E-state index contributed by atoms with van der Waals surface area (Å²) in [6.45, 7) is 9.04. The summed E-state index contributed by atoms with van der Waals surface area (Å²) in [6, 6.07) is 5.99. The topological polar surface area (TPSA) is 50.4 Å². The van der Waals surface area contributed by atoms with Crippen molar-refractivity contribution in [3.8, 4) is 0 Å². The molecule has 0 radical (unpaired) electrons. The first-order valence-corrected chi connectivity index (χ1v) is 7.61. The van der Waals surface area contributed by atoms with Crippen LogP contribution < -0.4 is 10.6 Å². The molecule has 2 atom stereocenters. The molecule has 4 heteroatoms. The number of anilines is 1. The van der Waals surface area contributed by atoms with Crippen LogP contribution in [0.1, 0.15) is 43.1 Å². The third-order valence-corrected chi connectivity index (χ3v) is 4.54. The highest BCUT2D eigenvalue weighted by Crippen LogP contribution is 2.42. The standard InChI is InChI=1S/C17H26N2O2/c1-6-21-15-10-14(17(15,3)4)19-16(20)12-8-7-11(2)9-13(12)18-5/h7-9,14-15,18H,6,10H2,1-5H3,(H,19,20). The molecule has 1 aliphatic rings. The third-order valence-electron chi connectivity index (χ3n) is 4.54. The quantitative estimate of drug-likeness (QED) is 0.876. The van der Waals surface area contributed by atoms with Gasteiger partial charge in [0.15, 0.2) is 0 Å². The number of carbonyl (C=O) groups is 1. The summed E-state index contributed by atoms with van der Waals surface area (Å²) in [7, 11) is 1.84. The van der Waals surface area contributed by atoms with Gasteiger partial charge in [0.1, 0.15) is 0 Å². The van der Waals surface area contributed by atoms with Gasteiger partial charge in [-0.05, 0) is 38.0 Å². The number of nitrogens with one attached hydrogen (secondary N) is 2. The monoisotopic (exact) mass is 290 g/mol. The maximum Gasteiger partial charge on any atom is 0.253 e. The van der Waals surface area contributed by atoms with Crippen molar-refractivity contribution >= 4 is 11.6 Å². The number of benzene rings is 1. The van der Waals surface area contributed by atoms with Crippen LogP contribution in [0.4, 0.5) is 5.69 Å². The predicted molar refractivity (Wildman–Crippen MR) is 85.8 cm³/mol. The molecule has 0 bridgehead atoms. The largest absolute Gasteiger partial charge is 0.387 e. The Morgan fingerprint density at radius 2 is 2.14 bits per heavy atom. The van der Waals surface area contributed by atoms with Crippen LogP contribution in [0.5, 0.6) is 0 Å². The molecule has 1 aromatic carbocycles. The first kappa shape index (κ1) is 15.8. The minimum Gasteiger partial charge on any atom is -0.387 e. The normalized spacial score (nSPS) is 23.3. The molecule has 1 aliphatic carbocycles. The lowest BCUT2D eigenvalue weighted by Crippen LogP contribution is -2.62. The number of ether oxygens (including phenoxy) is 1. The SMILES string of the molecule is CCOC1CC(NC(=O)c2ccc(C)cc2NC)C1(C)C. The number of aryl methyl sites for hydroxylation is 1. The molecule has 1 fully saturated rings. The van der Waals surface area contributed by atoms with Crippen molar-refractivity contribution in [1.82, 2.24) is 5.32 Å². The molecule has 0 aromatic heterocycles. The Hall–Kier alpha value is -1.55. The van der Waals surface area contributed by atoms with Crippen molar-refractivity contribution in [3.05, 3.63) is 29.3 Å². The van der Waals surface area contributed by atoms with E-state index < -0.39 is 0 Å². The van der Waals surface area contributed by atoms with E-state index in [1.54, 1.807) is 0 Å². The number of amides is 1. The van der Waals surface area contributed by atoms with E-state index >= 15 is 0 Å². The van der Waals surface area contributed by atoms with Crippen molar-refractivity contribution in [2.75, 3.05) is 19.0 Å². The molecule has 2 N–H and O–H groups in total. The van der Waals surface area contributed by atoms with E-state index in [-0.39, 0.29) is 23.5 Å². The van der Waals surface area contributed by atoms with E-state index in [9.17, 15) is 4.79 Å². The smallest absolute Gasteiger partial charge is 0.253 e. The fourth-order valence-corrected chi connectivity index (χ4v) is 2.91. The van der Waals surface area contributed by atoms with Crippen LogP contribution in [0.25, 0.3) is 0 Å². The van der Waals surface area contributed by atoms with Crippen molar-refractivity contribution in [3.63, 3.8) is 0 Å². The van der Waals surface area contributed by atoms with E-state index in [2.05, 4.69) is 24.5 Å². The van der Waals surface area contributed by atoms with E-state index in [1.165, 1.54) is 0 Å². The summed E-state index contributed by atoms with van der Waals surface area (Å²) in [4.78, 5) is 12.5. The van der Waals surface area contributed by atoms with Crippen molar-refractivity contribution in [2.45, 2.75) is 46.3 Å². The lowest BCUT2D eigenvalue weighted by atomic mass is 9.64. The number of rotatable bonds is 5. The van der Waals surface area contributed by atoms with Crippen LogP contribution in [0.2, 0.25) is 0 Å². The zero-order valence-corrected chi connectivity index (χ0v) is 13.6. The van der Waals surface area contributed by atoms with Gasteiger partial charge in [-0.15, -0.1) is 0 Å². The summed E-state index contributed by atoms with van der Waals surface area (Å²) in [5, 5.41) is 6.24. The van der Waals surface area contributed by atoms with Crippen molar-refractivity contribution in [1.29, 1.82) is 0 Å². The highest BCUT2D eigenvalue weighted by Gasteiger charge is 2.49. The molecule has 0 saturated heterocycles. The van der Waals surface area contributed by atoms with Gasteiger partial charge in [-0.2, -0.15) is 0 Å². The second-order valence-corrected chi connectivity index (χ2v) is 6.33. The Morgan fingerprint density at radius 1 is 1.43 bits per heavy atom. The molecule has 1 aromatic rings. The first-order chi connectivity index (χ1) is 9.90. The summed E-state index contributed by atoms with van der Waals surface area (Å²) >= 11 is 0. The van der Waals surface area contributed by atoms with Gasteiger partial charge >= 0.3 is 0 Å². The minimum atomic E-state index is -0.0210. The van der Waals surface area contributed by atoms with Gasteiger partial charge in [0.05, 0.1) is 11.7 Å². The Morgan fingerprint density at radius 3 is 2.71 bits per heavy atom. The van der Waals surface area contributed by atoms with Crippen LogP contribution in [-0.4, -0.2) is 31.7 Å². The maximum absolute atomic E-state index is 12.5. The summed E-state index contributed by atoms with van der Waals surface area (Å²) in [5.74, 6) is -0.0210. The van der Waals surface area contributed by atoms with E-state index in [0.717, 1.165) is 24.3 Å². The predicted octanol–water partition coefficient (Wildman–Crippen LogP) is 2.97. The van der Waals surface area contributed by atoms with Gasteiger partial charge in [0.2, 0.25) is 0 Å². The summed E-state index contributed by atoms with van der Waals surface area (Å²) < 4.78 is 5.71. The van der Waals surface area contributed by atoms with Crippen molar-refractivity contribution < 1.29 is 9.53 Å². The Kier molecular flexibility index (Phi) is 4.57. The summed E-state index contributed by atoms with van der Waals surface area (Å²) in [5.41, 5.74) is 2.68. The van der Waals surface area contributed by atoms with E-state index in [0.29, 0.717) is 5.56 Å². The lowest BCUT2D eigenvalue weighted by Gasteiger charge is -2.51. The van der Waals surface area contributed by atoms with E-state index in [1.807, 2.05) is 39.1 Å². The highest BCUT2D eigenvalue weighted by atomic mass is 16.5. The van der Waals surface area contributed by atoms with Crippen LogP contribution >= 0.6 is 0 Å². The molecule has 0 heterocycles. The fraction of sp³-hybridized carbons (Fsp3) is 0.588. The Balaban J connectivity index is 2.06. The second kappa shape index (κ2) is 6.06. The average Bonchev–Trinajstić information content (AvgIpc) is 2.45. The molecule has 21 heavy (non-hydrogen) atoms. The molecule has 0 spiro atoms. The van der Waals surface area contributed by atoms with Crippen LogP contribution in [0, 0.1) is 12.3 Å². The zero-order valence-electron chi connectivity index (χ0n) is 13.6. The molecule has 2 unspecified atom stereocenters. The Bertz CT molecular complexity index is 526. The average molecular weight is 290 g/mol.